The second kappa shape index (κ2) is 5.22. The second-order valence-corrected chi connectivity index (χ2v) is 4.33. The Morgan fingerprint density at radius 1 is 1.75 bits per heavy atom. The zero-order valence-corrected chi connectivity index (χ0v) is 10.6. The van der Waals surface area contributed by atoms with Crippen molar-refractivity contribution in [2.75, 3.05) is 12.3 Å². The molecule has 4 atom stereocenters. The number of hydrogen-bond donors (Lipinski definition) is 4. The number of rotatable bonds is 2. The molecule has 0 saturated carbocycles. The highest BCUT2D eigenvalue weighted by Gasteiger charge is 2.54. The van der Waals surface area contributed by atoms with Gasteiger partial charge in [-0.05, 0) is 13.0 Å². The van der Waals surface area contributed by atoms with Gasteiger partial charge in [0.1, 0.15) is 18.0 Å². The third-order valence-corrected chi connectivity index (χ3v) is 3.03. The summed E-state index contributed by atoms with van der Waals surface area (Å²) in [4.78, 5) is 15.5. The molecule has 0 bridgehead atoms. The van der Waals surface area contributed by atoms with Crippen LogP contribution in [0.25, 0.3) is 0 Å². The molecule has 1 fully saturated rings. The first-order chi connectivity index (χ1) is 10.1. The van der Waals surface area contributed by atoms with Gasteiger partial charge in [0.25, 0.3) is 0 Å². The summed E-state index contributed by atoms with van der Waals surface area (Å²) >= 11 is 0. The molecule has 1 saturated heterocycles. The first-order valence-electron chi connectivity index (χ1n) is 6.74. The van der Waals surface area contributed by atoms with Crippen LogP contribution in [0, 0.1) is 11.8 Å². The lowest BCUT2D eigenvalue weighted by molar-refractivity contribution is -0.0476. The highest BCUT2D eigenvalue weighted by atomic mass is 16.5. The van der Waals surface area contributed by atoms with Gasteiger partial charge < -0.3 is 26.4 Å². The van der Waals surface area contributed by atoms with Crippen molar-refractivity contribution >= 4 is 5.82 Å². The van der Waals surface area contributed by atoms with Crippen molar-refractivity contribution in [1.82, 2.24) is 9.55 Å². The van der Waals surface area contributed by atoms with Crippen molar-refractivity contribution < 1.29 is 17.7 Å². The average molecular weight is 282 g/mol. The normalized spacial score (nSPS) is 34.9. The first-order valence-corrected chi connectivity index (χ1v) is 5.74. The Kier molecular flexibility index (Phi) is 3.10. The van der Waals surface area contributed by atoms with E-state index in [1.54, 1.807) is 0 Å². The lowest BCUT2D eigenvalue weighted by atomic mass is 9.91. The predicted octanol–water partition coefficient (Wildman–Crippen LogP) is -2.20. The molecule has 1 aromatic heterocycles. The van der Waals surface area contributed by atoms with Crippen LogP contribution in [0.2, 0.25) is 0 Å². The van der Waals surface area contributed by atoms with Gasteiger partial charge in [0.05, 0.1) is 9.30 Å². The van der Waals surface area contributed by atoms with Gasteiger partial charge in [-0.15, -0.1) is 5.92 Å². The molecule has 1 unspecified atom stereocenters. The van der Waals surface area contributed by atoms with E-state index in [4.69, 9.17) is 18.9 Å². The summed E-state index contributed by atoms with van der Waals surface area (Å²) in [7, 11) is 0. The van der Waals surface area contributed by atoms with E-state index in [9.17, 15) is 15.0 Å². The fourth-order valence-corrected chi connectivity index (χ4v) is 2.08. The van der Waals surface area contributed by atoms with E-state index in [1.165, 1.54) is 19.2 Å². The number of nitrogens with two attached hydrogens (primary N) is 2. The number of hydrogen-bond acceptors (Lipinski definition) is 7. The molecular weight excluding hydrogens is 264 g/mol. The Balaban J connectivity index is 2.57. The third kappa shape index (κ3) is 2.17. The summed E-state index contributed by atoms with van der Waals surface area (Å²) in [6.45, 7) is -1.41. The van der Waals surface area contributed by atoms with E-state index in [2.05, 4.69) is 16.8 Å². The molecule has 1 aromatic rings. The quantitative estimate of drug-likeness (QED) is 0.452. The van der Waals surface area contributed by atoms with E-state index < -0.39 is 36.2 Å². The Bertz CT molecular complexity index is 693. The molecule has 8 heteroatoms. The lowest BCUT2D eigenvalue weighted by Crippen LogP contribution is -2.54. The van der Waals surface area contributed by atoms with E-state index in [0.29, 0.717) is 0 Å². The highest BCUT2D eigenvalue weighted by Crippen LogP contribution is 2.35. The van der Waals surface area contributed by atoms with Crippen LogP contribution in [0.5, 0.6) is 0 Å². The van der Waals surface area contributed by atoms with Crippen LogP contribution in [-0.2, 0) is 4.74 Å². The number of nitrogen functional groups attached to an aromatic ring is 1. The number of ether oxygens (including phenoxy) is 1. The molecule has 0 aliphatic carbocycles. The minimum atomic E-state index is -2.88. The van der Waals surface area contributed by atoms with Crippen LogP contribution in [0.1, 0.15) is 15.9 Å². The van der Waals surface area contributed by atoms with E-state index in [-0.39, 0.29) is 5.82 Å². The Labute approximate surface area is 117 Å². The molecule has 0 aromatic carbocycles. The summed E-state index contributed by atoms with van der Waals surface area (Å²) < 4.78 is 20.9. The number of aromatic nitrogens is 2. The molecule has 0 spiro atoms. The van der Waals surface area contributed by atoms with Crippen LogP contribution < -0.4 is 17.2 Å². The number of aliphatic hydroxyl groups is 2. The van der Waals surface area contributed by atoms with Crippen molar-refractivity contribution in [3.05, 3.63) is 22.7 Å². The fraction of sp³-hybridized carbons (Fsp3) is 0.500. The van der Waals surface area contributed by atoms with Crippen LogP contribution >= 0.6 is 0 Å². The van der Waals surface area contributed by atoms with Crippen LogP contribution in [0.15, 0.2) is 17.1 Å². The van der Waals surface area contributed by atoms with Crippen molar-refractivity contribution in [3.63, 3.8) is 0 Å². The van der Waals surface area contributed by atoms with Crippen LogP contribution in [-0.4, -0.2) is 44.1 Å². The zero-order chi connectivity index (χ0) is 16.7. The molecule has 2 heterocycles. The summed E-state index contributed by atoms with van der Waals surface area (Å²) in [5.74, 6) is 5.01. The number of aliphatic hydroxyl groups excluding tert-OH is 1. The summed E-state index contributed by atoms with van der Waals surface area (Å²) in [5, 5.41) is 19.7. The Hall–Kier alpha value is -1.92. The van der Waals surface area contributed by atoms with Crippen molar-refractivity contribution in [2.24, 2.45) is 5.73 Å². The molecule has 2 rings (SSSR count). The lowest BCUT2D eigenvalue weighted by Gasteiger charge is -2.27. The average Bonchev–Trinajstić information content (AvgIpc) is 2.63. The van der Waals surface area contributed by atoms with Crippen LogP contribution in [0.3, 0.4) is 0 Å². The van der Waals surface area contributed by atoms with Crippen molar-refractivity contribution in [1.29, 1.82) is 0 Å². The largest absolute Gasteiger partial charge is 0.394 e. The van der Waals surface area contributed by atoms with Gasteiger partial charge in [-0.25, -0.2) is 4.79 Å². The van der Waals surface area contributed by atoms with Gasteiger partial charge in [-0.2, -0.15) is 4.98 Å². The molecule has 1 aliphatic rings. The van der Waals surface area contributed by atoms with Crippen molar-refractivity contribution in [2.45, 2.75) is 30.9 Å². The molecule has 0 radical (unpaired) electrons. The molecule has 1 aliphatic heterocycles. The Morgan fingerprint density at radius 3 is 3.00 bits per heavy atom. The Morgan fingerprint density at radius 2 is 2.45 bits per heavy atom. The number of nitrogens with zero attached hydrogens (tertiary/aromatic N) is 2. The molecule has 8 nitrogen and oxygen atoms in total. The van der Waals surface area contributed by atoms with Gasteiger partial charge >= 0.3 is 5.69 Å². The maximum Gasteiger partial charge on any atom is 0.351 e. The maximum absolute atomic E-state index is 11.9. The van der Waals surface area contributed by atoms with Gasteiger partial charge in [0, 0.05) is 6.20 Å². The standard InChI is InChI=1S/C12H16N4O4/c1-2-4-12(14)9(18)7(6-17)20-10(12)16-5-3-8(13)15-11(16)19/h3,5,7,9-10,17-18H,6,14H2,1H3,(H2,13,15,19)/t7-,9+,10-,12?/m1/s1/i6D2. The summed E-state index contributed by atoms with van der Waals surface area (Å²) in [5.41, 5.74) is 8.83. The second-order valence-electron chi connectivity index (χ2n) is 4.33. The number of anilines is 1. The molecule has 108 valence electrons. The predicted molar refractivity (Wildman–Crippen MR) is 70.3 cm³/mol. The zero-order valence-electron chi connectivity index (χ0n) is 12.6. The minimum Gasteiger partial charge on any atom is -0.394 e. The van der Waals surface area contributed by atoms with Gasteiger partial charge in [0.2, 0.25) is 0 Å². The van der Waals surface area contributed by atoms with Gasteiger partial charge in [-0.1, -0.05) is 5.92 Å². The summed E-state index contributed by atoms with van der Waals surface area (Å²) in [6, 6.07) is 1.32. The third-order valence-electron chi connectivity index (χ3n) is 3.03. The fourth-order valence-electron chi connectivity index (χ4n) is 2.08. The van der Waals surface area contributed by atoms with Crippen molar-refractivity contribution in [3.8, 4) is 11.8 Å². The highest BCUT2D eigenvalue weighted by molar-refractivity contribution is 5.27. The minimum absolute atomic E-state index is 0.0157. The monoisotopic (exact) mass is 282 g/mol. The molecule has 20 heavy (non-hydrogen) atoms. The molecular formula is C12H16N4O4. The van der Waals surface area contributed by atoms with E-state index in [0.717, 1.165) is 4.57 Å². The smallest absolute Gasteiger partial charge is 0.351 e. The van der Waals surface area contributed by atoms with Gasteiger partial charge in [-0.3, -0.25) is 4.57 Å². The molecule has 0 amide bonds. The molecule has 6 N–H and O–H groups in total. The van der Waals surface area contributed by atoms with Gasteiger partial charge in [0.15, 0.2) is 11.8 Å². The maximum atomic E-state index is 11.9. The van der Waals surface area contributed by atoms with Crippen LogP contribution in [0.4, 0.5) is 5.82 Å². The van der Waals surface area contributed by atoms with E-state index >= 15 is 0 Å². The van der Waals surface area contributed by atoms with E-state index in [1.807, 2.05) is 0 Å². The topological polar surface area (TPSA) is 137 Å². The SMILES string of the molecule is [2H]C([2H])(O)[C@H]1O[C@@H](n2ccc(N)nc2=O)C(N)(C#CC)[C@H]1O. The first kappa shape index (κ1) is 11.9. The summed E-state index contributed by atoms with van der Waals surface area (Å²) in [6.07, 6.45) is -3.46.